The van der Waals surface area contributed by atoms with E-state index in [1.165, 1.54) is 0 Å². The first-order chi connectivity index (χ1) is 15.1. The average molecular weight is 424 g/mol. The zero-order valence-electron chi connectivity index (χ0n) is 17.4. The zero-order chi connectivity index (χ0) is 21.9. The third-order valence-corrected chi connectivity index (χ3v) is 5.15. The van der Waals surface area contributed by atoms with E-state index in [2.05, 4.69) is 4.74 Å². The lowest BCUT2D eigenvalue weighted by atomic mass is 10.0. The van der Waals surface area contributed by atoms with E-state index in [0.29, 0.717) is 19.5 Å². The molecule has 0 heterocycles. The highest BCUT2D eigenvalue weighted by atomic mass is 19.3. The molecule has 0 aliphatic heterocycles. The van der Waals surface area contributed by atoms with Gasteiger partial charge in [0.05, 0.1) is 12.6 Å². The van der Waals surface area contributed by atoms with E-state index in [9.17, 15) is 13.6 Å². The molecule has 3 rings (SSSR count). The van der Waals surface area contributed by atoms with Crippen LogP contribution in [0.5, 0.6) is 0 Å². The van der Waals surface area contributed by atoms with Crippen LogP contribution in [0.15, 0.2) is 91.0 Å². The zero-order valence-corrected chi connectivity index (χ0v) is 17.4. The molecule has 0 amide bonds. The van der Waals surface area contributed by atoms with Gasteiger partial charge in [0.25, 0.3) is 0 Å². The van der Waals surface area contributed by atoms with Gasteiger partial charge in [0.1, 0.15) is 0 Å². The number of Topliss-reactive ketones (excluding diaryl/α,β-unsaturated/α-hetero) is 1. The van der Waals surface area contributed by atoms with Gasteiger partial charge in [-0.2, -0.15) is 8.78 Å². The Hall–Kier alpha value is -2.89. The molecule has 3 aromatic rings. The number of carbonyl (C=O) groups excluding carboxylic acids is 1. The molecule has 0 aliphatic rings. The Labute approximate surface area is 182 Å². The van der Waals surface area contributed by atoms with Crippen LogP contribution in [0.3, 0.4) is 0 Å². The molecule has 0 fully saturated rings. The van der Waals surface area contributed by atoms with Crippen molar-refractivity contribution in [1.29, 1.82) is 0 Å². The van der Waals surface area contributed by atoms with Crippen LogP contribution in [0, 0.1) is 0 Å². The molecule has 31 heavy (non-hydrogen) atoms. The fourth-order valence-electron chi connectivity index (χ4n) is 3.56. The number of carbonyl (C=O) groups is 1. The second kappa shape index (κ2) is 12.1. The molecular weight excluding hydrogens is 396 g/mol. The third-order valence-electron chi connectivity index (χ3n) is 5.15. The monoisotopic (exact) mass is 423 g/mol. The molecule has 5 heteroatoms. The summed E-state index contributed by atoms with van der Waals surface area (Å²) in [6.07, 6.45) is 0.830. The summed E-state index contributed by atoms with van der Waals surface area (Å²) >= 11 is 0. The van der Waals surface area contributed by atoms with E-state index in [0.717, 1.165) is 16.7 Å². The lowest BCUT2D eigenvalue weighted by Crippen LogP contribution is -2.44. The van der Waals surface area contributed by atoms with Crippen LogP contribution in [0.4, 0.5) is 8.78 Å². The Balaban J connectivity index is 1.80. The highest BCUT2D eigenvalue weighted by Gasteiger charge is 2.27. The van der Waals surface area contributed by atoms with Crippen LogP contribution in [0.1, 0.15) is 23.1 Å². The van der Waals surface area contributed by atoms with Crippen molar-refractivity contribution in [2.75, 3.05) is 6.61 Å². The second-order valence-electron chi connectivity index (χ2n) is 7.44. The highest BCUT2D eigenvalue weighted by molar-refractivity contribution is 5.84. The number of alkyl halides is 2. The van der Waals surface area contributed by atoms with E-state index >= 15 is 0 Å². The van der Waals surface area contributed by atoms with Crippen LogP contribution < -0.4 is 0 Å². The molecule has 0 saturated carbocycles. The molecule has 0 bridgehead atoms. The SMILES string of the molecule is O=C(CCc1ccccc1)C(COC(F)F)N(Cc1ccccc1)Cc1ccccc1. The van der Waals surface area contributed by atoms with Crippen LogP contribution in [-0.4, -0.2) is 29.9 Å². The van der Waals surface area contributed by atoms with Gasteiger partial charge >= 0.3 is 6.61 Å². The highest BCUT2D eigenvalue weighted by Crippen LogP contribution is 2.17. The smallest absolute Gasteiger partial charge is 0.321 e. The van der Waals surface area contributed by atoms with Crippen molar-refractivity contribution in [3.63, 3.8) is 0 Å². The Morgan fingerprint density at radius 3 is 1.65 bits per heavy atom. The van der Waals surface area contributed by atoms with Gasteiger partial charge in [-0.15, -0.1) is 0 Å². The number of hydrogen-bond acceptors (Lipinski definition) is 3. The molecule has 0 saturated heterocycles. The minimum absolute atomic E-state index is 0.101. The van der Waals surface area contributed by atoms with Crippen molar-refractivity contribution in [2.24, 2.45) is 0 Å². The first-order valence-electron chi connectivity index (χ1n) is 10.4. The van der Waals surface area contributed by atoms with Crippen molar-refractivity contribution in [3.8, 4) is 0 Å². The van der Waals surface area contributed by atoms with E-state index < -0.39 is 12.7 Å². The first-order valence-corrected chi connectivity index (χ1v) is 10.4. The topological polar surface area (TPSA) is 29.5 Å². The van der Waals surface area contributed by atoms with Gasteiger partial charge in [-0.05, 0) is 23.1 Å². The third kappa shape index (κ3) is 7.70. The summed E-state index contributed by atoms with van der Waals surface area (Å²) in [5.74, 6) is -0.101. The Morgan fingerprint density at radius 1 is 0.742 bits per heavy atom. The van der Waals surface area contributed by atoms with Crippen LogP contribution in [0.25, 0.3) is 0 Å². The summed E-state index contributed by atoms with van der Waals surface area (Å²) in [7, 11) is 0. The molecule has 3 aromatic carbocycles. The van der Waals surface area contributed by atoms with E-state index in [-0.39, 0.29) is 18.8 Å². The molecule has 3 nitrogen and oxygen atoms in total. The van der Waals surface area contributed by atoms with Gasteiger partial charge in [0.2, 0.25) is 0 Å². The largest absolute Gasteiger partial charge is 0.345 e. The number of ether oxygens (including phenoxy) is 1. The van der Waals surface area contributed by atoms with Crippen LogP contribution in [0.2, 0.25) is 0 Å². The maximum Gasteiger partial charge on any atom is 0.345 e. The number of halogens is 2. The molecule has 0 radical (unpaired) electrons. The second-order valence-corrected chi connectivity index (χ2v) is 7.44. The summed E-state index contributed by atoms with van der Waals surface area (Å²) in [5.41, 5.74) is 3.06. The van der Waals surface area contributed by atoms with Gasteiger partial charge in [0, 0.05) is 19.5 Å². The number of aryl methyl sites for hydroxylation is 1. The minimum atomic E-state index is -2.92. The standard InChI is InChI=1S/C26H27F2NO2/c27-26(28)31-20-24(25(30)17-16-21-10-4-1-5-11-21)29(18-22-12-6-2-7-13-22)19-23-14-8-3-9-15-23/h1-15,24,26H,16-20H2. The number of hydrogen-bond donors (Lipinski definition) is 0. The first kappa shape index (κ1) is 22.8. The fraction of sp³-hybridized carbons (Fsp3) is 0.269. The van der Waals surface area contributed by atoms with Crippen molar-refractivity contribution in [2.45, 2.75) is 38.6 Å². The molecule has 0 aromatic heterocycles. The number of benzene rings is 3. The minimum Gasteiger partial charge on any atom is -0.321 e. The fourth-order valence-corrected chi connectivity index (χ4v) is 3.56. The Bertz CT molecular complexity index is 863. The van der Waals surface area contributed by atoms with E-state index in [1.54, 1.807) is 0 Å². The number of rotatable bonds is 12. The van der Waals surface area contributed by atoms with Crippen molar-refractivity contribution in [3.05, 3.63) is 108 Å². The van der Waals surface area contributed by atoms with E-state index in [1.807, 2.05) is 95.9 Å². The van der Waals surface area contributed by atoms with Crippen molar-refractivity contribution >= 4 is 5.78 Å². The average Bonchev–Trinajstić information content (AvgIpc) is 2.79. The van der Waals surface area contributed by atoms with Crippen molar-refractivity contribution < 1.29 is 18.3 Å². The Kier molecular flexibility index (Phi) is 8.88. The predicted molar refractivity (Wildman–Crippen MR) is 118 cm³/mol. The predicted octanol–water partition coefficient (Wildman–Crippen LogP) is 5.50. The molecule has 0 spiro atoms. The van der Waals surface area contributed by atoms with Crippen molar-refractivity contribution in [1.82, 2.24) is 4.90 Å². The van der Waals surface area contributed by atoms with Gasteiger partial charge in [0.15, 0.2) is 5.78 Å². The van der Waals surface area contributed by atoms with E-state index in [4.69, 9.17) is 0 Å². The lowest BCUT2D eigenvalue weighted by Gasteiger charge is -2.31. The van der Waals surface area contributed by atoms with Gasteiger partial charge in [-0.3, -0.25) is 9.69 Å². The number of nitrogens with zero attached hydrogens (tertiary/aromatic N) is 1. The van der Waals surface area contributed by atoms with Gasteiger partial charge in [-0.1, -0.05) is 91.0 Å². The number of ketones is 1. The molecular formula is C26H27F2NO2. The molecule has 1 unspecified atom stereocenters. The molecule has 0 N–H and O–H groups in total. The summed E-state index contributed by atoms with van der Waals surface area (Å²) in [6.45, 7) is -2.33. The maximum absolute atomic E-state index is 13.2. The van der Waals surface area contributed by atoms with Gasteiger partial charge < -0.3 is 4.74 Å². The summed E-state index contributed by atoms with van der Waals surface area (Å²) in [4.78, 5) is 15.1. The summed E-state index contributed by atoms with van der Waals surface area (Å²) in [5, 5.41) is 0. The maximum atomic E-state index is 13.2. The normalized spacial score (nSPS) is 12.3. The molecule has 162 valence electrons. The van der Waals surface area contributed by atoms with Crippen LogP contribution in [-0.2, 0) is 29.0 Å². The molecule has 1 atom stereocenters. The Morgan fingerprint density at radius 2 is 1.19 bits per heavy atom. The summed E-state index contributed by atoms with van der Waals surface area (Å²) in [6, 6.07) is 28.4. The van der Waals surface area contributed by atoms with Gasteiger partial charge in [-0.25, -0.2) is 0 Å². The van der Waals surface area contributed by atoms with Crippen LogP contribution >= 0.6 is 0 Å². The summed E-state index contributed by atoms with van der Waals surface area (Å²) < 4.78 is 30.4. The quantitative estimate of drug-likeness (QED) is 0.385. The molecule has 0 aliphatic carbocycles. The lowest BCUT2D eigenvalue weighted by molar-refractivity contribution is -0.151.